The number of carbonyl (C=O) groups is 2. The van der Waals surface area contributed by atoms with Gasteiger partial charge >= 0.3 is 0 Å². The number of aromatic nitrogens is 1. The minimum absolute atomic E-state index is 0.0397. The van der Waals surface area contributed by atoms with Crippen molar-refractivity contribution in [1.82, 2.24) is 9.88 Å². The number of anilines is 2. The summed E-state index contributed by atoms with van der Waals surface area (Å²) in [7, 11) is 1.53. The molecule has 1 aliphatic heterocycles. The van der Waals surface area contributed by atoms with E-state index in [1.165, 1.54) is 18.3 Å². The number of piperazine rings is 1. The highest BCUT2D eigenvalue weighted by molar-refractivity contribution is 5.96. The standard InChI is InChI=1S/C24H26N6O5/c1-33-19-6-3-2-5-18(19)30(9-8-21(26)31)22(32)16-28-10-12-29(13-11-28)24-17(15-25)27-23(35-24)20-7-4-14-34-20/h2-7,14H,8-13,16H2,1H3,(H2,26,31). The Kier molecular flexibility index (Phi) is 7.32. The minimum Gasteiger partial charge on any atom is -0.495 e. The number of carbonyl (C=O) groups excluding carboxylic acids is 2. The molecular weight excluding hydrogens is 452 g/mol. The number of amides is 2. The molecule has 0 unspecified atom stereocenters. The molecule has 0 saturated carbocycles. The van der Waals surface area contributed by atoms with Crippen molar-refractivity contribution >= 4 is 23.4 Å². The fourth-order valence-electron chi connectivity index (χ4n) is 3.94. The van der Waals surface area contributed by atoms with E-state index in [-0.39, 0.29) is 37.0 Å². The third-order valence-electron chi connectivity index (χ3n) is 5.72. The van der Waals surface area contributed by atoms with Gasteiger partial charge in [-0.2, -0.15) is 10.2 Å². The number of benzene rings is 1. The molecule has 3 aromatic rings. The summed E-state index contributed by atoms with van der Waals surface area (Å²) in [4.78, 5) is 34.4. The van der Waals surface area contributed by atoms with Gasteiger partial charge in [-0.25, -0.2) is 0 Å². The van der Waals surface area contributed by atoms with E-state index in [2.05, 4.69) is 11.1 Å². The molecule has 1 saturated heterocycles. The molecule has 1 fully saturated rings. The Balaban J connectivity index is 1.42. The number of hydrogen-bond donors (Lipinski definition) is 1. The van der Waals surface area contributed by atoms with Crippen molar-refractivity contribution in [3.63, 3.8) is 0 Å². The summed E-state index contributed by atoms with van der Waals surface area (Å²) in [6.07, 6.45) is 1.55. The molecule has 35 heavy (non-hydrogen) atoms. The monoisotopic (exact) mass is 478 g/mol. The summed E-state index contributed by atoms with van der Waals surface area (Å²) in [5, 5.41) is 9.50. The van der Waals surface area contributed by atoms with Crippen LogP contribution in [0.3, 0.4) is 0 Å². The van der Waals surface area contributed by atoms with Gasteiger partial charge in [0.15, 0.2) is 5.76 Å². The SMILES string of the molecule is COc1ccccc1N(CCC(N)=O)C(=O)CN1CCN(c2oc(-c3ccco3)nc2C#N)CC1. The molecule has 2 aromatic heterocycles. The first-order valence-electron chi connectivity index (χ1n) is 11.1. The molecule has 3 heterocycles. The van der Waals surface area contributed by atoms with Crippen LogP contribution in [-0.4, -0.2) is 68.1 Å². The number of hydrogen-bond acceptors (Lipinski definition) is 9. The van der Waals surface area contributed by atoms with Crippen LogP contribution < -0.4 is 20.3 Å². The van der Waals surface area contributed by atoms with Gasteiger partial charge in [0.1, 0.15) is 11.8 Å². The van der Waals surface area contributed by atoms with Gasteiger partial charge in [0, 0.05) is 39.1 Å². The summed E-state index contributed by atoms with van der Waals surface area (Å²) in [5.41, 5.74) is 6.11. The average molecular weight is 479 g/mol. The van der Waals surface area contributed by atoms with Gasteiger partial charge in [0.2, 0.25) is 23.4 Å². The lowest BCUT2D eigenvalue weighted by Gasteiger charge is -2.35. The lowest BCUT2D eigenvalue weighted by atomic mass is 10.2. The first-order valence-corrected chi connectivity index (χ1v) is 11.1. The molecule has 11 nitrogen and oxygen atoms in total. The second-order valence-electron chi connectivity index (χ2n) is 7.96. The number of primary amides is 1. The van der Waals surface area contributed by atoms with Gasteiger partial charge < -0.3 is 29.1 Å². The molecule has 0 atom stereocenters. The van der Waals surface area contributed by atoms with E-state index in [1.54, 1.807) is 24.3 Å². The van der Waals surface area contributed by atoms with Crippen molar-refractivity contribution in [3.05, 3.63) is 48.4 Å². The number of para-hydroxylation sites is 2. The van der Waals surface area contributed by atoms with Crippen LogP contribution in [0.15, 0.2) is 51.5 Å². The zero-order valence-corrected chi connectivity index (χ0v) is 19.3. The minimum atomic E-state index is -0.486. The molecular formula is C24H26N6O5. The fraction of sp³-hybridized carbons (Fsp3) is 0.333. The van der Waals surface area contributed by atoms with Gasteiger partial charge in [-0.15, -0.1) is 0 Å². The number of furan rings is 1. The average Bonchev–Trinajstić information content (AvgIpc) is 3.55. The Morgan fingerprint density at radius 3 is 2.63 bits per heavy atom. The second-order valence-corrected chi connectivity index (χ2v) is 7.96. The molecule has 0 aliphatic carbocycles. The van der Waals surface area contributed by atoms with Crippen LogP contribution in [0, 0.1) is 11.3 Å². The molecule has 0 radical (unpaired) electrons. The normalized spacial score (nSPS) is 13.9. The van der Waals surface area contributed by atoms with Crippen LogP contribution in [-0.2, 0) is 9.59 Å². The number of methoxy groups -OCH3 is 1. The molecule has 1 aliphatic rings. The first kappa shape index (κ1) is 23.8. The van der Waals surface area contributed by atoms with Gasteiger partial charge in [-0.3, -0.25) is 14.5 Å². The third kappa shape index (κ3) is 5.44. The van der Waals surface area contributed by atoms with E-state index in [9.17, 15) is 14.9 Å². The van der Waals surface area contributed by atoms with E-state index in [0.717, 1.165) is 0 Å². The summed E-state index contributed by atoms with van der Waals surface area (Å²) in [6.45, 7) is 2.55. The van der Waals surface area contributed by atoms with Crippen molar-refractivity contribution in [2.24, 2.45) is 5.73 Å². The van der Waals surface area contributed by atoms with Gasteiger partial charge in [-0.05, 0) is 24.3 Å². The summed E-state index contributed by atoms with van der Waals surface area (Å²) >= 11 is 0. The van der Waals surface area contributed by atoms with Crippen LogP contribution in [0.1, 0.15) is 12.1 Å². The number of nitriles is 1. The third-order valence-corrected chi connectivity index (χ3v) is 5.72. The number of rotatable bonds is 9. The molecule has 2 N–H and O–H groups in total. The Morgan fingerprint density at radius 2 is 1.97 bits per heavy atom. The maximum absolute atomic E-state index is 13.3. The summed E-state index contributed by atoms with van der Waals surface area (Å²) < 4.78 is 16.6. The number of nitrogens with two attached hydrogens (primary N) is 1. The number of ether oxygens (including phenoxy) is 1. The largest absolute Gasteiger partial charge is 0.495 e. The van der Waals surface area contributed by atoms with E-state index < -0.39 is 5.91 Å². The van der Waals surface area contributed by atoms with Crippen molar-refractivity contribution < 1.29 is 23.2 Å². The zero-order chi connectivity index (χ0) is 24.8. The van der Waals surface area contributed by atoms with E-state index in [1.807, 2.05) is 21.9 Å². The number of oxazole rings is 1. The van der Waals surface area contributed by atoms with E-state index in [0.29, 0.717) is 49.3 Å². The molecule has 11 heteroatoms. The Hall–Kier alpha value is -4.30. The Morgan fingerprint density at radius 1 is 1.20 bits per heavy atom. The lowest BCUT2D eigenvalue weighted by Crippen LogP contribution is -2.50. The summed E-state index contributed by atoms with van der Waals surface area (Å²) in [6, 6.07) is 12.7. The molecule has 182 valence electrons. The maximum Gasteiger partial charge on any atom is 0.266 e. The van der Waals surface area contributed by atoms with Crippen molar-refractivity contribution in [1.29, 1.82) is 5.26 Å². The molecule has 0 spiro atoms. The van der Waals surface area contributed by atoms with Gasteiger partial charge in [0.25, 0.3) is 5.89 Å². The highest BCUT2D eigenvalue weighted by Crippen LogP contribution is 2.30. The van der Waals surface area contributed by atoms with Crippen molar-refractivity contribution in [2.75, 3.05) is 56.2 Å². The van der Waals surface area contributed by atoms with Crippen LogP contribution in [0.5, 0.6) is 5.75 Å². The lowest BCUT2D eigenvalue weighted by molar-refractivity contribution is -0.120. The molecule has 0 bridgehead atoms. The smallest absolute Gasteiger partial charge is 0.266 e. The Labute approximate surface area is 202 Å². The number of nitrogens with zero attached hydrogens (tertiary/aromatic N) is 5. The van der Waals surface area contributed by atoms with E-state index >= 15 is 0 Å². The molecule has 1 aromatic carbocycles. The van der Waals surface area contributed by atoms with E-state index in [4.69, 9.17) is 19.3 Å². The van der Waals surface area contributed by atoms with Crippen LogP contribution in [0.4, 0.5) is 11.6 Å². The van der Waals surface area contributed by atoms with Crippen molar-refractivity contribution in [2.45, 2.75) is 6.42 Å². The van der Waals surface area contributed by atoms with Gasteiger partial charge in [0.05, 0.1) is 25.6 Å². The maximum atomic E-state index is 13.3. The van der Waals surface area contributed by atoms with Crippen LogP contribution in [0.25, 0.3) is 11.7 Å². The predicted octanol–water partition coefficient (Wildman–Crippen LogP) is 1.85. The highest BCUT2D eigenvalue weighted by Gasteiger charge is 2.28. The quantitative estimate of drug-likeness (QED) is 0.487. The predicted molar refractivity (Wildman–Crippen MR) is 127 cm³/mol. The first-order chi connectivity index (χ1) is 17.0. The van der Waals surface area contributed by atoms with Crippen LogP contribution >= 0.6 is 0 Å². The fourth-order valence-corrected chi connectivity index (χ4v) is 3.94. The molecule has 2 amide bonds. The molecule has 4 rings (SSSR count). The zero-order valence-electron chi connectivity index (χ0n) is 19.3. The Bertz CT molecular complexity index is 1210. The highest BCUT2D eigenvalue weighted by atomic mass is 16.5. The topological polar surface area (TPSA) is 142 Å². The van der Waals surface area contributed by atoms with Crippen LogP contribution in [0.2, 0.25) is 0 Å². The van der Waals surface area contributed by atoms with Gasteiger partial charge in [-0.1, -0.05) is 12.1 Å². The second kappa shape index (κ2) is 10.8. The summed E-state index contributed by atoms with van der Waals surface area (Å²) in [5.74, 6) is 0.978. The van der Waals surface area contributed by atoms with Crippen molar-refractivity contribution in [3.8, 4) is 23.5 Å².